The van der Waals surface area contributed by atoms with Crippen LogP contribution in [-0.4, -0.2) is 16.8 Å². The molecule has 0 heterocycles. The van der Waals surface area contributed by atoms with Crippen LogP contribution in [0.1, 0.15) is 45.4 Å². The van der Waals surface area contributed by atoms with Crippen LogP contribution in [0.15, 0.2) is 23.5 Å². The summed E-state index contributed by atoms with van der Waals surface area (Å²) in [7, 11) is 0. The van der Waals surface area contributed by atoms with Gasteiger partial charge in [0.1, 0.15) is 11.5 Å². The maximum Gasteiger partial charge on any atom is 0.121 e. The van der Waals surface area contributed by atoms with Gasteiger partial charge in [-0.3, -0.25) is 0 Å². The zero-order valence-electron chi connectivity index (χ0n) is 11.4. The highest BCUT2D eigenvalue weighted by Crippen LogP contribution is 2.27. The van der Waals surface area contributed by atoms with E-state index in [1.807, 2.05) is 0 Å². The summed E-state index contributed by atoms with van der Waals surface area (Å²) in [5.74, 6) is -0.154. The average Bonchev–Trinajstić information content (AvgIpc) is 2.37. The molecule has 106 valence electrons. The zero-order chi connectivity index (χ0) is 14.1. The first-order valence-corrected chi connectivity index (χ1v) is 6.81. The molecule has 0 spiro atoms. The lowest BCUT2D eigenvalue weighted by molar-refractivity contribution is 0.450. The fraction of sp³-hybridized carbons (Fsp3) is 0.571. The molecular formula is C14H22N2O3. The number of aromatic hydroxyl groups is 2. The van der Waals surface area contributed by atoms with Crippen LogP contribution in [0.25, 0.3) is 0 Å². The van der Waals surface area contributed by atoms with Crippen LogP contribution >= 0.6 is 0 Å². The van der Waals surface area contributed by atoms with Gasteiger partial charge >= 0.3 is 0 Å². The molecule has 0 atom stereocenters. The molecule has 1 aromatic carbocycles. The van der Waals surface area contributed by atoms with Gasteiger partial charge in [0.2, 0.25) is 0 Å². The normalized spacial score (nSPS) is 10.4. The zero-order valence-corrected chi connectivity index (χ0v) is 11.4. The Bertz CT molecular complexity index is 376. The maximum atomic E-state index is 10.8. The molecule has 0 bridgehead atoms. The largest absolute Gasteiger partial charge is 0.508 e. The average molecular weight is 266 g/mol. The first-order valence-electron chi connectivity index (χ1n) is 6.81. The smallest absolute Gasteiger partial charge is 0.121 e. The number of anilines is 1. The van der Waals surface area contributed by atoms with Gasteiger partial charge < -0.3 is 10.2 Å². The van der Waals surface area contributed by atoms with E-state index in [2.05, 4.69) is 12.2 Å². The summed E-state index contributed by atoms with van der Waals surface area (Å²) in [6.45, 7) is 2.67. The minimum absolute atomic E-state index is 0.0772. The fourth-order valence-electron chi connectivity index (χ4n) is 1.99. The number of phenolic OH excluding ortho intramolecular Hbond substituents is 2. The Labute approximate surface area is 113 Å². The van der Waals surface area contributed by atoms with Crippen molar-refractivity contribution in [2.75, 3.05) is 11.6 Å². The SMILES string of the molecule is CCCCCCCCN(N=O)c1cc(O)cc(O)c1. The third kappa shape index (κ3) is 5.59. The summed E-state index contributed by atoms with van der Waals surface area (Å²) in [5.41, 5.74) is 0.418. The van der Waals surface area contributed by atoms with Crippen LogP contribution in [0.4, 0.5) is 5.69 Å². The minimum Gasteiger partial charge on any atom is -0.508 e. The predicted molar refractivity (Wildman–Crippen MR) is 76.3 cm³/mol. The third-order valence-electron chi connectivity index (χ3n) is 3.01. The second-order valence-corrected chi connectivity index (χ2v) is 4.68. The number of hydrogen-bond donors (Lipinski definition) is 2. The molecule has 0 saturated heterocycles. The maximum absolute atomic E-state index is 10.8. The molecule has 0 radical (unpaired) electrons. The molecule has 5 nitrogen and oxygen atoms in total. The predicted octanol–water partition coefficient (Wildman–Crippen LogP) is 3.95. The number of benzene rings is 1. The second-order valence-electron chi connectivity index (χ2n) is 4.68. The number of nitroso groups, excluding NO2 is 1. The first kappa shape index (κ1) is 15.3. The molecule has 0 fully saturated rings. The van der Waals surface area contributed by atoms with Gasteiger partial charge in [0.05, 0.1) is 11.0 Å². The molecule has 0 aliphatic rings. The second kappa shape index (κ2) is 8.34. The van der Waals surface area contributed by atoms with Crippen LogP contribution in [0.5, 0.6) is 11.5 Å². The summed E-state index contributed by atoms with van der Waals surface area (Å²) in [4.78, 5) is 10.8. The molecule has 1 rings (SSSR count). The van der Waals surface area contributed by atoms with Crippen molar-refractivity contribution < 1.29 is 10.2 Å². The number of hydrogen-bond acceptors (Lipinski definition) is 4. The molecule has 19 heavy (non-hydrogen) atoms. The van der Waals surface area contributed by atoms with Gasteiger partial charge in [-0.15, -0.1) is 4.91 Å². The van der Waals surface area contributed by atoms with Crippen LogP contribution in [0.3, 0.4) is 0 Å². The highest BCUT2D eigenvalue weighted by atomic mass is 16.3. The van der Waals surface area contributed by atoms with E-state index in [1.165, 1.54) is 42.5 Å². The van der Waals surface area contributed by atoms with Crippen molar-refractivity contribution in [2.45, 2.75) is 45.4 Å². The van der Waals surface area contributed by atoms with E-state index < -0.39 is 0 Å². The van der Waals surface area contributed by atoms with Gasteiger partial charge in [-0.1, -0.05) is 39.0 Å². The Hall–Kier alpha value is -1.78. The molecule has 2 N–H and O–H groups in total. The van der Waals surface area contributed by atoms with Crippen molar-refractivity contribution in [1.29, 1.82) is 0 Å². The first-order chi connectivity index (χ1) is 9.17. The molecular weight excluding hydrogens is 244 g/mol. The summed E-state index contributed by atoms with van der Waals surface area (Å²) in [5, 5.41) is 23.0. The van der Waals surface area contributed by atoms with Crippen molar-refractivity contribution >= 4 is 5.69 Å². The molecule has 0 amide bonds. The topological polar surface area (TPSA) is 73.1 Å². The van der Waals surface area contributed by atoms with E-state index in [4.69, 9.17) is 0 Å². The molecule has 0 aromatic heterocycles. The van der Waals surface area contributed by atoms with Crippen molar-refractivity contribution in [3.63, 3.8) is 0 Å². The van der Waals surface area contributed by atoms with Gasteiger partial charge in [0.15, 0.2) is 0 Å². The van der Waals surface area contributed by atoms with Gasteiger partial charge in [-0.05, 0) is 6.42 Å². The summed E-state index contributed by atoms with van der Waals surface area (Å²) >= 11 is 0. The summed E-state index contributed by atoms with van der Waals surface area (Å²) in [6.07, 6.45) is 6.76. The summed E-state index contributed by atoms with van der Waals surface area (Å²) < 4.78 is 0. The van der Waals surface area contributed by atoms with Crippen molar-refractivity contribution in [2.24, 2.45) is 5.29 Å². The minimum atomic E-state index is -0.0772. The van der Waals surface area contributed by atoms with E-state index in [1.54, 1.807) is 0 Å². The lowest BCUT2D eigenvalue weighted by Gasteiger charge is -2.15. The lowest BCUT2D eigenvalue weighted by Crippen LogP contribution is -2.16. The highest BCUT2D eigenvalue weighted by molar-refractivity contribution is 5.54. The van der Waals surface area contributed by atoms with Crippen molar-refractivity contribution in [3.8, 4) is 11.5 Å². The molecule has 0 aliphatic carbocycles. The number of rotatable bonds is 9. The molecule has 5 heteroatoms. The van der Waals surface area contributed by atoms with E-state index in [-0.39, 0.29) is 11.5 Å². The Morgan fingerprint density at radius 1 is 1.00 bits per heavy atom. The molecule has 0 aliphatic heterocycles. The Kier molecular flexibility index (Phi) is 6.71. The monoisotopic (exact) mass is 266 g/mol. The fourth-order valence-corrected chi connectivity index (χ4v) is 1.99. The van der Waals surface area contributed by atoms with Crippen LogP contribution in [0, 0.1) is 4.91 Å². The molecule has 0 saturated carbocycles. The van der Waals surface area contributed by atoms with Crippen molar-refractivity contribution in [3.05, 3.63) is 23.1 Å². The van der Waals surface area contributed by atoms with Gasteiger partial charge in [-0.2, -0.15) is 0 Å². The van der Waals surface area contributed by atoms with Gasteiger partial charge in [0.25, 0.3) is 0 Å². The van der Waals surface area contributed by atoms with Gasteiger partial charge in [-0.25, -0.2) is 5.01 Å². The van der Waals surface area contributed by atoms with Crippen LogP contribution in [0.2, 0.25) is 0 Å². The van der Waals surface area contributed by atoms with Crippen molar-refractivity contribution in [1.82, 2.24) is 0 Å². The van der Waals surface area contributed by atoms with Gasteiger partial charge in [0, 0.05) is 24.7 Å². The molecule has 1 aromatic rings. The van der Waals surface area contributed by atoms with E-state index >= 15 is 0 Å². The lowest BCUT2D eigenvalue weighted by atomic mass is 10.1. The Morgan fingerprint density at radius 2 is 1.58 bits per heavy atom. The number of phenols is 2. The molecule has 0 unspecified atom stereocenters. The number of unbranched alkanes of at least 4 members (excludes halogenated alkanes) is 5. The highest BCUT2D eigenvalue weighted by Gasteiger charge is 2.08. The Balaban J connectivity index is 2.42. The van der Waals surface area contributed by atoms with Crippen LogP contribution < -0.4 is 5.01 Å². The van der Waals surface area contributed by atoms with Crippen LogP contribution in [-0.2, 0) is 0 Å². The van der Waals surface area contributed by atoms with E-state index in [0.29, 0.717) is 12.2 Å². The summed E-state index contributed by atoms with van der Waals surface area (Å²) in [6, 6.07) is 4.05. The third-order valence-corrected chi connectivity index (χ3v) is 3.01. The Morgan fingerprint density at radius 3 is 2.16 bits per heavy atom. The van der Waals surface area contributed by atoms with E-state index in [0.717, 1.165) is 19.3 Å². The number of nitrogens with zero attached hydrogens (tertiary/aromatic N) is 2. The standard InChI is InChI=1S/C14H22N2O3/c1-2-3-4-5-6-7-8-16(15-19)12-9-13(17)11-14(18)10-12/h9-11,17-18H,2-8H2,1H3. The van der Waals surface area contributed by atoms with E-state index in [9.17, 15) is 15.1 Å². The quantitative estimate of drug-likeness (QED) is 0.403.